The van der Waals surface area contributed by atoms with Gasteiger partial charge in [0.1, 0.15) is 23.1 Å². The maximum atomic E-state index is 12.9. The number of rotatable bonds is 5. The summed E-state index contributed by atoms with van der Waals surface area (Å²) >= 11 is 6.09. The van der Waals surface area contributed by atoms with Gasteiger partial charge in [0.25, 0.3) is 5.56 Å². The standard InChI is InChI=1S/C23H22ClN5O2/c1-31-20-7-4-15(10-16(20)13-28-8-2-3-9-28)12-26-29-14-25-21-18-11-17(24)5-6-19(18)27-22(21)23(29)30/h4-7,10-12,14,27H,2-3,8-9,13H2,1H3/b26-12-. The van der Waals surface area contributed by atoms with Gasteiger partial charge in [-0.05, 0) is 67.9 Å². The second-order valence-corrected chi connectivity index (χ2v) is 8.17. The van der Waals surface area contributed by atoms with E-state index >= 15 is 0 Å². The fraction of sp³-hybridized carbons (Fsp3) is 0.261. The predicted molar refractivity (Wildman–Crippen MR) is 123 cm³/mol. The number of benzene rings is 2. The van der Waals surface area contributed by atoms with Crippen molar-refractivity contribution in [2.45, 2.75) is 19.4 Å². The average molecular weight is 436 g/mol. The molecule has 0 atom stereocenters. The summed E-state index contributed by atoms with van der Waals surface area (Å²) in [6.07, 6.45) is 5.58. The van der Waals surface area contributed by atoms with Crippen LogP contribution in [0.15, 0.2) is 52.6 Å². The van der Waals surface area contributed by atoms with Gasteiger partial charge in [-0.3, -0.25) is 9.69 Å². The van der Waals surface area contributed by atoms with Crippen molar-refractivity contribution in [3.8, 4) is 5.75 Å². The Labute approximate surface area is 183 Å². The maximum Gasteiger partial charge on any atom is 0.298 e. The van der Waals surface area contributed by atoms with Crippen molar-refractivity contribution in [1.82, 2.24) is 19.5 Å². The molecule has 0 aliphatic carbocycles. The minimum Gasteiger partial charge on any atom is -0.496 e. The van der Waals surface area contributed by atoms with Crippen LogP contribution in [-0.4, -0.2) is 46.0 Å². The van der Waals surface area contributed by atoms with Crippen LogP contribution in [-0.2, 0) is 6.54 Å². The van der Waals surface area contributed by atoms with Crippen molar-refractivity contribution in [3.05, 3.63) is 69.2 Å². The molecule has 0 bridgehead atoms. The lowest BCUT2D eigenvalue weighted by atomic mass is 10.1. The molecule has 2 aromatic heterocycles. The number of halogens is 1. The largest absolute Gasteiger partial charge is 0.496 e. The zero-order chi connectivity index (χ0) is 21.4. The highest BCUT2D eigenvalue weighted by molar-refractivity contribution is 6.31. The molecule has 7 nitrogen and oxygen atoms in total. The number of hydrogen-bond acceptors (Lipinski definition) is 5. The minimum atomic E-state index is -0.264. The lowest BCUT2D eigenvalue weighted by Gasteiger charge is -2.17. The molecule has 1 saturated heterocycles. The summed E-state index contributed by atoms with van der Waals surface area (Å²) in [6, 6.07) is 11.3. The van der Waals surface area contributed by atoms with Crippen molar-refractivity contribution in [2.75, 3.05) is 20.2 Å². The van der Waals surface area contributed by atoms with Crippen LogP contribution in [0.4, 0.5) is 0 Å². The third-order valence-corrected chi connectivity index (χ3v) is 5.91. The second kappa shape index (κ2) is 8.17. The third kappa shape index (κ3) is 3.82. The molecule has 1 fully saturated rings. The van der Waals surface area contributed by atoms with E-state index in [1.165, 1.54) is 23.8 Å². The Kier molecular flexibility index (Phi) is 5.21. The Bertz CT molecular complexity index is 1350. The molecule has 0 saturated carbocycles. The van der Waals surface area contributed by atoms with Gasteiger partial charge >= 0.3 is 0 Å². The summed E-state index contributed by atoms with van der Waals surface area (Å²) in [4.78, 5) is 22.9. The highest BCUT2D eigenvalue weighted by Crippen LogP contribution is 2.25. The minimum absolute atomic E-state index is 0.264. The van der Waals surface area contributed by atoms with E-state index in [0.29, 0.717) is 16.1 Å². The molecule has 2 aromatic carbocycles. The maximum absolute atomic E-state index is 12.9. The lowest BCUT2D eigenvalue weighted by molar-refractivity contribution is 0.321. The zero-order valence-corrected chi connectivity index (χ0v) is 17.9. The van der Waals surface area contributed by atoms with Gasteiger partial charge in [-0.25, -0.2) is 4.98 Å². The lowest BCUT2D eigenvalue weighted by Crippen LogP contribution is -2.19. The molecule has 1 N–H and O–H groups in total. The number of nitrogens with one attached hydrogen (secondary N) is 1. The summed E-state index contributed by atoms with van der Waals surface area (Å²) in [6.45, 7) is 3.06. The Morgan fingerprint density at radius 3 is 2.87 bits per heavy atom. The van der Waals surface area contributed by atoms with Crippen LogP contribution >= 0.6 is 11.6 Å². The number of likely N-dealkylation sites (tertiary alicyclic amines) is 1. The molecule has 31 heavy (non-hydrogen) atoms. The van der Waals surface area contributed by atoms with Gasteiger partial charge in [0, 0.05) is 28.0 Å². The highest BCUT2D eigenvalue weighted by Gasteiger charge is 2.15. The molecule has 1 aliphatic heterocycles. The van der Waals surface area contributed by atoms with Crippen LogP contribution in [0.2, 0.25) is 5.02 Å². The molecule has 0 spiro atoms. The van der Waals surface area contributed by atoms with Crippen LogP contribution in [0.5, 0.6) is 5.75 Å². The topological polar surface area (TPSA) is 75.5 Å². The number of nitrogens with zero attached hydrogens (tertiary/aromatic N) is 4. The van der Waals surface area contributed by atoms with E-state index in [9.17, 15) is 4.79 Å². The van der Waals surface area contributed by atoms with Crippen LogP contribution in [0.25, 0.3) is 21.9 Å². The number of fused-ring (bicyclic) bond motifs is 3. The van der Waals surface area contributed by atoms with E-state index in [-0.39, 0.29) is 5.56 Å². The van der Waals surface area contributed by atoms with Crippen molar-refractivity contribution >= 4 is 39.8 Å². The van der Waals surface area contributed by atoms with E-state index in [1.54, 1.807) is 25.5 Å². The number of ether oxygens (including phenoxy) is 1. The first-order valence-corrected chi connectivity index (χ1v) is 10.6. The second-order valence-electron chi connectivity index (χ2n) is 7.73. The van der Waals surface area contributed by atoms with Gasteiger partial charge < -0.3 is 9.72 Å². The molecule has 8 heteroatoms. The quantitative estimate of drug-likeness (QED) is 0.480. The first kappa shape index (κ1) is 19.8. The molecule has 0 unspecified atom stereocenters. The Morgan fingerprint density at radius 1 is 1.23 bits per heavy atom. The van der Waals surface area contributed by atoms with Crippen LogP contribution in [0, 0.1) is 0 Å². The van der Waals surface area contributed by atoms with E-state index in [1.807, 2.05) is 18.2 Å². The van der Waals surface area contributed by atoms with Crippen molar-refractivity contribution in [3.63, 3.8) is 0 Å². The van der Waals surface area contributed by atoms with Crippen molar-refractivity contribution in [1.29, 1.82) is 0 Å². The number of methoxy groups -OCH3 is 1. The molecule has 0 amide bonds. The van der Waals surface area contributed by atoms with Gasteiger partial charge in [-0.2, -0.15) is 9.78 Å². The average Bonchev–Trinajstić information content (AvgIpc) is 3.41. The van der Waals surface area contributed by atoms with E-state index in [4.69, 9.17) is 16.3 Å². The van der Waals surface area contributed by atoms with Crippen LogP contribution in [0.3, 0.4) is 0 Å². The smallest absolute Gasteiger partial charge is 0.298 e. The Morgan fingerprint density at radius 2 is 2.06 bits per heavy atom. The van der Waals surface area contributed by atoms with Gasteiger partial charge in [0.05, 0.1) is 13.3 Å². The van der Waals surface area contributed by atoms with Crippen LogP contribution in [0.1, 0.15) is 24.0 Å². The molecule has 4 aromatic rings. The Balaban J connectivity index is 1.47. The van der Waals surface area contributed by atoms with Crippen molar-refractivity contribution < 1.29 is 4.74 Å². The molecule has 1 aliphatic rings. The van der Waals surface area contributed by atoms with Gasteiger partial charge in [-0.1, -0.05) is 11.6 Å². The van der Waals surface area contributed by atoms with Gasteiger partial charge in [-0.15, -0.1) is 0 Å². The fourth-order valence-corrected chi connectivity index (χ4v) is 4.29. The molecule has 158 valence electrons. The SMILES string of the molecule is COc1ccc(/C=N\n2cnc3c([nH]c4ccc(Cl)cc43)c2=O)cc1CN1CCCC1. The number of aromatic nitrogens is 3. The first-order chi connectivity index (χ1) is 15.1. The predicted octanol–water partition coefficient (Wildman–Crippen LogP) is 4.02. The van der Waals surface area contributed by atoms with Gasteiger partial charge in [0.2, 0.25) is 0 Å². The number of H-pyrrole nitrogens is 1. The summed E-state index contributed by atoms with van der Waals surface area (Å²) in [5.41, 5.74) is 3.55. The molecule has 0 radical (unpaired) electrons. The van der Waals surface area contributed by atoms with Crippen LogP contribution < -0.4 is 10.3 Å². The normalized spacial score (nSPS) is 14.9. The zero-order valence-electron chi connectivity index (χ0n) is 17.1. The van der Waals surface area contributed by atoms with E-state index in [0.717, 1.165) is 47.4 Å². The summed E-state index contributed by atoms with van der Waals surface area (Å²) < 4.78 is 6.77. The number of aromatic amines is 1. The molecular weight excluding hydrogens is 414 g/mol. The Hall–Kier alpha value is -3.16. The summed E-state index contributed by atoms with van der Waals surface area (Å²) in [5.74, 6) is 0.862. The molecule has 5 rings (SSSR count). The van der Waals surface area contributed by atoms with E-state index in [2.05, 4.69) is 26.0 Å². The summed E-state index contributed by atoms with van der Waals surface area (Å²) in [7, 11) is 1.69. The fourth-order valence-electron chi connectivity index (χ4n) is 4.11. The molecular formula is C23H22ClN5O2. The molecule has 3 heterocycles. The van der Waals surface area contributed by atoms with E-state index < -0.39 is 0 Å². The number of hydrogen-bond donors (Lipinski definition) is 1. The van der Waals surface area contributed by atoms with Gasteiger partial charge in [0.15, 0.2) is 0 Å². The highest BCUT2D eigenvalue weighted by atomic mass is 35.5. The third-order valence-electron chi connectivity index (χ3n) is 5.68. The monoisotopic (exact) mass is 435 g/mol. The summed E-state index contributed by atoms with van der Waals surface area (Å²) in [5, 5.41) is 5.77. The first-order valence-electron chi connectivity index (χ1n) is 10.2. The van der Waals surface area contributed by atoms with Crippen molar-refractivity contribution in [2.24, 2.45) is 5.10 Å².